The van der Waals surface area contributed by atoms with E-state index in [4.69, 9.17) is 0 Å². The molecule has 3 N–H and O–H groups in total. The molecule has 0 atom stereocenters. The van der Waals surface area contributed by atoms with Crippen molar-refractivity contribution in [3.63, 3.8) is 0 Å². The van der Waals surface area contributed by atoms with E-state index in [0.29, 0.717) is 12.1 Å². The van der Waals surface area contributed by atoms with Crippen LogP contribution in [0, 0.1) is 0 Å². The van der Waals surface area contributed by atoms with E-state index >= 15 is 0 Å². The summed E-state index contributed by atoms with van der Waals surface area (Å²) in [5.74, 6) is 0.946. The zero-order valence-corrected chi connectivity index (χ0v) is 16.4. The fraction of sp³-hybridized carbons (Fsp3) is 0.944. The first kappa shape index (κ1) is 19.5. The number of nitrogens with one attached hydrogen (secondary N) is 3. The summed E-state index contributed by atoms with van der Waals surface area (Å²) in [6, 6.07) is 1.19. The van der Waals surface area contributed by atoms with Crippen LogP contribution in [0.3, 0.4) is 0 Å². The highest BCUT2D eigenvalue weighted by Crippen LogP contribution is 2.15. The van der Waals surface area contributed by atoms with Crippen LogP contribution in [-0.4, -0.2) is 86.2 Å². The van der Waals surface area contributed by atoms with Gasteiger partial charge < -0.3 is 20.9 Å². The van der Waals surface area contributed by atoms with Gasteiger partial charge in [-0.05, 0) is 40.5 Å². The lowest BCUT2D eigenvalue weighted by Gasteiger charge is -2.41. The highest BCUT2D eigenvalue weighted by molar-refractivity contribution is 5.80. The average molecular weight is 339 g/mol. The van der Waals surface area contributed by atoms with E-state index < -0.39 is 0 Å². The zero-order valence-electron chi connectivity index (χ0n) is 16.4. The van der Waals surface area contributed by atoms with Gasteiger partial charge in [0.1, 0.15) is 0 Å². The fourth-order valence-corrected chi connectivity index (χ4v) is 3.63. The molecule has 0 spiro atoms. The lowest BCUT2D eigenvalue weighted by molar-refractivity contribution is 0.106. The van der Waals surface area contributed by atoms with Gasteiger partial charge in [-0.25, -0.2) is 0 Å². The smallest absolute Gasteiger partial charge is 0.191 e. The van der Waals surface area contributed by atoms with Crippen molar-refractivity contribution >= 4 is 5.96 Å². The number of rotatable bonds is 5. The Morgan fingerprint density at radius 3 is 2.33 bits per heavy atom. The molecule has 2 aliphatic rings. The molecule has 2 aliphatic heterocycles. The van der Waals surface area contributed by atoms with Crippen LogP contribution in [0.4, 0.5) is 0 Å². The lowest BCUT2D eigenvalue weighted by atomic mass is 10.0. The summed E-state index contributed by atoms with van der Waals surface area (Å²) in [4.78, 5) is 9.55. The number of hydrogen-bond acceptors (Lipinski definition) is 4. The maximum atomic E-state index is 4.43. The third-order valence-corrected chi connectivity index (χ3v) is 5.49. The highest BCUT2D eigenvalue weighted by atomic mass is 15.3. The van der Waals surface area contributed by atoms with Crippen LogP contribution in [0.2, 0.25) is 0 Å². The molecule has 0 unspecified atom stereocenters. The van der Waals surface area contributed by atoms with Crippen LogP contribution in [-0.2, 0) is 0 Å². The van der Waals surface area contributed by atoms with Crippen LogP contribution in [0.1, 0.15) is 40.5 Å². The second kappa shape index (κ2) is 9.02. The first-order valence-electron chi connectivity index (χ1n) is 9.59. The third kappa shape index (κ3) is 5.60. The molecule has 0 amide bonds. The number of piperazine rings is 1. The predicted octanol–water partition coefficient (Wildman–Crippen LogP) is 0.708. The Labute approximate surface area is 148 Å². The van der Waals surface area contributed by atoms with Gasteiger partial charge >= 0.3 is 0 Å². The van der Waals surface area contributed by atoms with Crippen molar-refractivity contribution in [3.05, 3.63) is 0 Å². The summed E-state index contributed by atoms with van der Waals surface area (Å²) in [7, 11) is 1.87. The number of likely N-dealkylation sites (tertiary alicyclic amines) is 1. The van der Waals surface area contributed by atoms with Gasteiger partial charge in [-0.3, -0.25) is 9.89 Å². The van der Waals surface area contributed by atoms with E-state index in [1.165, 1.54) is 25.9 Å². The minimum atomic E-state index is 0.140. The molecule has 2 fully saturated rings. The van der Waals surface area contributed by atoms with Crippen molar-refractivity contribution in [3.8, 4) is 0 Å². The van der Waals surface area contributed by atoms with E-state index in [2.05, 4.69) is 58.4 Å². The zero-order chi connectivity index (χ0) is 17.6. The monoisotopic (exact) mass is 338 g/mol. The summed E-state index contributed by atoms with van der Waals surface area (Å²) in [6.45, 7) is 16.9. The summed E-state index contributed by atoms with van der Waals surface area (Å²) in [5.41, 5.74) is 0.140. The van der Waals surface area contributed by atoms with Crippen LogP contribution < -0.4 is 16.0 Å². The Morgan fingerprint density at radius 2 is 1.79 bits per heavy atom. The number of nitrogens with zero attached hydrogens (tertiary/aromatic N) is 3. The normalized spacial score (nSPS) is 22.8. The minimum absolute atomic E-state index is 0.140. The lowest BCUT2D eigenvalue weighted by Crippen LogP contribution is -2.59. The van der Waals surface area contributed by atoms with Crippen molar-refractivity contribution in [2.75, 3.05) is 52.9 Å². The van der Waals surface area contributed by atoms with Crippen LogP contribution in [0.5, 0.6) is 0 Å². The highest BCUT2D eigenvalue weighted by Gasteiger charge is 2.28. The first-order chi connectivity index (χ1) is 11.4. The molecule has 2 heterocycles. The second-order valence-corrected chi connectivity index (χ2v) is 8.02. The van der Waals surface area contributed by atoms with Gasteiger partial charge in [-0.2, -0.15) is 0 Å². The first-order valence-corrected chi connectivity index (χ1v) is 9.59. The van der Waals surface area contributed by atoms with Gasteiger partial charge in [-0.1, -0.05) is 0 Å². The van der Waals surface area contributed by atoms with Crippen LogP contribution in [0.15, 0.2) is 4.99 Å². The average Bonchev–Trinajstić information content (AvgIpc) is 2.59. The third-order valence-electron chi connectivity index (χ3n) is 5.49. The molecule has 6 heteroatoms. The second-order valence-electron chi connectivity index (χ2n) is 8.02. The molecule has 2 rings (SSSR count). The van der Waals surface area contributed by atoms with Gasteiger partial charge in [0.25, 0.3) is 0 Å². The number of piperidine rings is 1. The van der Waals surface area contributed by atoms with Gasteiger partial charge in [0.05, 0.1) is 0 Å². The number of aliphatic imine (C=N–C) groups is 1. The summed E-state index contributed by atoms with van der Waals surface area (Å²) in [6.07, 6.45) is 2.39. The van der Waals surface area contributed by atoms with Crippen molar-refractivity contribution in [2.45, 2.75) is 58.2 Å². The van der Waals surface area contributed by atoms with E-state index in [0.717, 1.165) is 38.7 Å². The largest absolute Gasteiger partial charge is 0.355 e. The van der Waals surface area contributed by atoms with Gasteiger partial charge in [0.2, 0.25) is 0 Å². The maximum Gasteiger partial charge on any atom is 0.191 e. The molecule has 24 heavy (non-hydrogen) atoms. The minimum Gasteiger partial charge on any atom is -0.355 e. The molecular formula is C18H38N6. The summed E-state index contributed by atoms with van der Waals surface area (Å²) < 4.78 is 0. The topological polar surface area (TPSA) is 54.9 Å². The quantitative estimate of drug-likeness (QED) is 0.509. The van der Waals surface area contributed by atoms with Gasteiger partial charge in [0, 0.05) is 70.5 Å². The SMILES string of the molecule is CN=C(NCC(C)(C)N1CCNCC1)NC1CCN(C(C)C)CC1. The molecule has 0 radical (unpaired) electrons. The van der Waals surface area contributed by atoms with Crippen LogP contribution in [0.25, 0.3) is 0 Å². The standard InChI is InChI=1S/C18H38N6/c1-15(2)23-10-6-16(7-11-23)22-17(19-5)21-14-18(3,4)24-12-8-20-9-13-24/h15-16,20H,6-14H2,1-5H3,(H2,19,21,22). The maximum absolute atomic E-state index is 4.43. The summed E-state index contributed by atoms with van der Waals surface area (Å²) >= 11 is 0. The Hall–Kier alpha value is -0.850. The molecule has 2 saturated heterocycles. The van der Waals surface area contributed by atoms with E-state index in [-0.39, 0.29) is 5.54 Å². The molecule has 0 bridgehead atoms. The predicted molar refractivity (Wildman–Crippen MR) is 103 cm³/mol. The number of hydrogen-bond donors (Lipinski definition) is 3. The van der Waals surface area contributed by atoms with E-state index in [9.17, 15) is 0 Å². The molecule has 140 valence electrons. The number of guanidine groups is 1. The van der Waals surface area contributed by atoms with Gasteiger partial charge in [-0.15, -0.1) is 0 Å². The molecule has 0 aliphatic carbocycles. The summed E-state index contributed by atoms with van der Waals surface area (Å²) in [5, 5.41) is 10.6. The molecular weight excluding hydrogens is 300 g/mol. The van der Waals surface area contributed by atoms with Crippen molar-refractivity contribution in [1.29, 1.82) is 0 Å². The Morgan fingerprint density at radius 1 is 1.17 bits per heavy atom. The van der Waals surface area contributed by atoms with Crippen molar-refractivity contribution in [2.24, 2.45) is 4.99 Å². The molecule has 0 aromatic heterocycles. The Balaban J connectivity index is 1.76. The van der Waals surface area contributed by atoms with E-state index in [1.807, 2.05) is 7.05 Å². The molecule has 0 aromatic rings. The van der Waals surface area contributed by atoms with Gasteiger partial charge in [0.15, 0.2) is 5.96 Å². The molecule has 0 saturated carbocycles. The van der Waals surface area contributed by atoms with Crippen molar-refractivity contribution < 1.29 is 0 Å². The fourth-order valence-electron chi connectivity index (χ4n) is 3.63. The Kier molecular flexibility index (Phi) is 7.32. The van der Waals surface area contributed by atoms with E-state index in [1.54, 1.807) is 0 Å². The molecule has 0 aromatic carbocycles. The van der Waals surface area contributed by atoms with Crippen LogP contribution >= 0.6 is 0 Å². The van der Waals surface area contributed by atoms with Crippen molar-refractivity contribution in [1.82, 2.24) is 25.8 Å². The Bertz CT molecular complexity index is 392. The molecule has 6 nitrogen and oxygen atoms in total.